The van der Waals surface area contributed by atoms with Gasteiger partial charge in [0.15, 0.2) is 0 Å². The van der Waals surface area contributed by atoms with Gasteiger partial charge in [-0.1, -0.05) is 6.92 Å². The molecule has 3 heteroatoms. The van der Waals surface area contributed by atoms with E-state index in [1.165, 1.54) is 0 Å². The first-order valence-corrected chi connectivity index (χ1v) is 3.37. The van der Waals surface area contributed by atoms with E-state index in [1.807, 2.05) is 27.9 Å². The molecule has 1 N–H and O–H groups in total. The van der Waals surface area contributed by atoms with Crippen LogP contribution in [0.15, 0.2) is 0 Å². The zero-order chi connectivity index (χ0) is 7.44. The van der Waals surface area contributed by atoms with Crippen LogP contribution in [-0.4, -0.2) is 36.8 Å². The van der Waals surface area contributed by atoms with Crippen LogP contribution in [0.5, 0.6) is 0 Å². The quantitative estimate of drug-likeness (QED) is 0.770. The molecule has 0 spiro atoms. The summed E-state index contributed by atoms with van der Waals surface area (Å²) in [7, 11) is 4.03. The molecule has 0 heterocycles. The summed E-state index contributed by atoms with van der Waals surface area (Å²) in [4.78, 5) is 2.08. The van der Waals surface area contributed by atoms with Crippen LogP contribution < -0.4 is 0 Å². The molecule has 0 aromatic rings. The third kappa shape index (κ3) is 6.90. The Kier molecular flexibility index (Phi) is 8.70. The Morgan fingerprint density at radius 1 is 1.30 bits per heavy atom. The molecule has 0 radical (unpaired) electrons. The van der Waals surface area contributed by atoms with Crippen LogP contribution in [0.4, 0.5) is 0 Å². The van der Waals surface area contributed by atoms with Gasteiger partial charge < -0.3 is 10.0 Å². The second-order valence-electron chi connectivity index (χ2n) is 2.98. The molecule has 0 saturated carbocycles. The third-order valence-electron chi connectivity index (χ3n) is 1.48. The van der Waals surface area contributed by atoms with E-state index in [9.17, 15) is 0 Å². The van der Waals surface area contributed by atoms with E-state index in [-0.39, 0.29) is 31.9 Å². The normalized spacial score (nSPS) is 16.2. The smallest absolute Gasteiger partial charge is 0.0549 e. The van der Waals surface area contributed by atoms with Crippen LogP contribution >= 0.6 is 0 Å². The summed E-state index contributed by atoms with van der Waals surface area (Å²) in [6.45, 7) is 4.83. The van der Waals surface area contributed by atoms with Gasteiger partial charge in [-0.15, -0.1) is 0 Å². The monoisotopic (exact) mass is 311 g/mol. The second-order valence-corrected chi connectivity index (χ2v) is 2.98. The summed E-state index contributed by atoms with van der Waals surface area (Å²) in [5, 5.41) is 9.04. The first-order valence-electron chi connectivity index (χ1n) is 3.37. The Labute approximate surface area is 82.4 Å². The molecule has 0 fully saturated rings. The van der Waals surface area contributed by atoms with E-state index in [1.54, 1.807) is 0 Å². The first-order chi connectivity index (χ1) is 4.04. The van der Waals surface area contributed by atoms with E-state index in [4.69, 9.17) is 5.11 Å². The minimum atomic E-state index is -0.188. The van der Waals surface area contributed by atoms with Gasteiger partial charge in [0.2, 0.25) is 0 Å². The third-order valence-corrected chi connectivity index (χ3v) is 1.48. The zero-order valence-corrected chi connectivity index (χ0v) is 10.8. The molecule has 2 atom stereocenters. The standard InChI is InChI=1S/C7H17NO.Hf/c1-6(7(2)9)5-8(3)4;/h6-7,9H,5H2,1-4H3;. The molecule has 2 unspecified atom stereocenters. The van der Waals surface area contributed by atoms with E-state index in [2.05, 4.69) is 4.90 Å². The van der Waals surface area contributed by atoms with Crippen LogP contribution in [0.3, 0.4) is 0 Å². The molecule has 0 aromatic heterocycles. The average molecular weight is 310 g/mol. The molecule has 0 bridgehead atoms. The van der Waals surface area contributed by atoms with E-state index in [0.717, 1.165) is 6.54 Å². The van der Waals surface area contributed by atoms with Crippen LogP contribution in [-0.2, 0) is 25.8 Å². The van der Waals surface area contributed by atoms with Gasteiger partial charge in [0, 0.05) is 32.4 Å². The van der Waals surface area contributed by atoms with Gasteiger partial charge in [-0.3, -0.25) is 0 Å². The molecule has 2 nitrogen and oxygen atoms in total. The van der Waals surface area contributed by atoms with Crippen LogP contribution in [0.25, 0.3) is 0 Å². The number of nitrogens with zero attached hydrogens (tertiary/aromatic N) is 1. The van der Waals surface area contributed by atoms with Crippen molar-refractivity contribution in [3.8, 4) is 0 Å². The van der Waals surface area contributed by atoms with Crippen molar-refractivity contribution in [1.82, 2.24) is 4.90 Å². The van der Waals surface area contributed by atoms with Crippen molar-refractivity contribution in [1.29, 1.82) is 0 Å². The minimum absolute atomic E-state index is 0. The molecule has 0 aliphatic heterocycles. The molecular formula is C7H17HfNO. The fourth-order valence-corrected chi connectivity index (χ4v) is 0.729. The molecule has 0 rings (SSSR count). The van der Waals surface area contributed by atoms with Crippen molar-refractivity contribution in [3.05, 3.63) is 0 Å². The summed E-state index contributed by atoms with van der Waals surface area (Å²) in [6.07, 6.45) is -0.188. The van der Waals surface area contributed by atoms with Gasteiger partial charge in [-0.2, -0.15) is 0 Å². The van der Waals surface area contributed by atoms with Gasteiger partial charge in [-0.25, -0.2) is 0 Å². The SMILES string of the molecule is CC(O)C(C)CN(C)C.[Hf]. The van der Waals surface area contributed by atoms with Gasteiger partial charge in [0.25, 0.3) is 0 Å². The topological polar surface area (TPSA) is 23.5 Å². The molecule has 10 heavy (non-hydrogen) atoms. The molecule has 0 saturated heterocycles. The van der Waals surface area contributed by atoms with E-state index >= 15 is 0 Å². The van der Waals surface area contributed by atoms with Crippen molar-refractivity contribution in [2.75, 3.05) is 20.6 Å². The second kappa shape index (κ2) is 6.50. The Morgan fingerprint density at radius 2 is 1.70 bits per heavy atom. The first kappa shape index (κ1) is 13.4. The molecular weight excluding hydrogens is 293 g/mol. The van der Waals surface area contributed by atoms with Crippen molar-refractivity contribution in [2.24, 2.45) is 5.92 Å². The van der Waals surface area contributed by atoms with E-state index in [0.29, 0.717) is 5.92 Å². The van der Waals surface area contributed by atoms with Gasteiger partial charge in [0.05, 0.1) is 6.10 Å². The summed E-state index contributed by atoms with van der Waals surface area (Å²) < 4.78 is 0. The van der Waals surface area contributed by atoms with E-state index < -0.39 is 0 Å². The van der Waals surface area contributed by atoms with Gasteiger partial charge in [0.1, 0.15) is 0 Å². The maximum atomic E-state index is 9.04. The maximum Gasteiger partial charge on any atom is 0.0549 e. The fourth-order valence-electron chi connectivity index (χ4n) is 0.729. The zero-order valence-electron chi connectivity index (χ0n) is 7.26. The maximum absolute atomic E-state index is 9.04. The summed E-state index contributed by atoms with van der Waals surface area (Å²) in [5.74, 6) is 0.375. The number of aliphatic hydroxyl groups is 1. The average Bonchev–Trinajstić information content (AvgIpc) is 1.63. The number of rotatable bonds is 3. The molecule has 0 amide bonds. The van der Waals surface area contributed by atoms with Gasteiger partial charge in [-0.05, 0) is 26.9 Å². The summed E-state index contributed by atoms with van der Waals surface area (Å²) in [6, 6.07) is 0. The molecule has 0 aromatic carbocycles. The van der Waals surface area contributed by atoms with Gasteiger partial charge >= 0.3 is 0 Å². The fraction of sp³-hybridized carbons (Fsp3) is 1.00. The molecule has 60 valence electrons. The largest absolute Gasteiger partial charge is 0.393 e. The van der Waals surface area contributed by atoms with Crippen molar-refractivity contribution in [2.45, 2.75) is 20.0 Å². The van der Waals surface area contributed by atoms with Crippen LogP contribution in [0.1, 0.15) is 13.8 Å². The van der Waals surface area contributed by atoms with Crippen molar-refractivity contribution < 1.29 is 30.9 Å². The Bertz CT molecular complexity index is 76.0. The van der Waals surface area contributed by atoms with Crippen molar-refractivity contribution >= 4 is 0 Å². The van der Waals surface area contributed by atoms with Crippen molar-refractivity contribution in [3.63, 3.8) is 0 Å². The number of hydrogen-bond donors (Lipinski definition) is 1. The minimum Gasteiger partial charge on any atom is -0.393 e. The predicted octanol–water partition coefficient (Wildman–Crippen LogP) is 0.562. The molecule has 0 aliphatic carbocycles. The molecule has 0 aliphatic rings. The van der Waals surface area contributed by atoms with Crippen LogP contribution in [0.2, 0.25) is 0 Å². The Morgan fingerprint density at radius 3 is 1.80 bits per heavy atom. The summed E-state index contributed by atoms with van der Waals surface area (Å²) in [5.41, 5.74) is 0. The number of aliphatic hydroxyl groups excluding tert-OH is 1. The number of hydrogen-bond acceptors (Lipinski definition) is 2. The Balaban J connectivity index is 0. The summed E-state index contributed by atoms with van der Waals surface area (Å²) >= 11 is 0. The predicted molar refractivity (Wildman–Crippen MR) is 39.4 cm³/mol. The van der Waals surface area contributed by atoms with Crippen LogP contribution in [0, 0.1) is 5.92 Å². The Hall–Kier alpha value is 0.790.